The predicted octanol–water partition coefficient (Wildman–Crippen LogP) is 1.52. The van der Waals surface area contributed by atoms with Crippen molar-refractivity contribution in [3.05, 3.63) is 45.7 Å². The lowest BCUT2D eigenvalue weighted by molar-refractivity contribution is 0.0694. The smallest absolute Gasteiger partial charge is 0.337 e. The van der Waals surface area contributed by atoms with Crippen LogP contribution in [0.3, 0.4) is 0 Å². The molecule has 7 heteroatoms. The van der Waals surface area contributed by atoms with E-state index in [4.69, 9.17) is 5.11 Å². The Morgan fingerprint density at radius 3 is 2.80 bits per heavy atom. The van der Waals surface area contributed by atoms with Gasteiger partial charge in [-0.25, -0.2) is 14.8 Å². The zero-order chi connectivity index (χ0) is 14.5. The Balaban J connectivity index is 1.95. The van der Waals surface area contributed by atoms with E-state index in [1.165, 1.54) is 23.5 Å². The number of nitrogens with one attached hydrogen (secondary N) is 1. The first-order valence-corrected chi connectivity index (χ1v) is 6.88. The van der Waals surface area contributed by atoms with Crippen LogP contribution in [0.25, 0.3) is 0 Å². The van der Waals surface area contributed by atoms with E-state index < -0.39 is 5.97 Å². The summed E-state index contributed by atoms with van der Waals surface area (Å²) in [6.45, 7) is 2.03. The van der Waals surface area contributed by atoms with Gasteiger partial charge in [0.25, 0.3) is 5.91 Å². The molecule has 0 aliphatic carbocycles. The summed E-state index contributed by atoms with van der Waals surface area (Å²) in [5.74, 6) is -1.37. The molecule has 104 valence electrons. The van der Waals surface area contributed by atoms with Gasteiger partial charge in [-0.1, -0.05) is 0 Å². The lowest BCUT2D eigenvalue weighted by Crippen LogP contribution is -2.27. The summed E-state index contributed by atoms with van der Waals surface area (Å²) in [7, 11) is 0. The molecule has 0 saturated carbocycles. The number of aromatic nitrogens is 2. The molecular weight excluding hydrogens is 278 g/mol. The van der Waals surface area contributed by atoms with Gasteiger partial charge >= 0.3 is 5.97 Å². The van der Waals surface area contributed by atoms with Gasteiger partial charge in [-0.3, -0.25) is 4.79 Å². The number of carbonyl (C=O) groups excluding carboxylic acids is 1. The topological polar surface area (TPSA) is 92.2 Å². The minimum Gasteiger partial charge on any atom is -0.478 e. The molecule has 2 rings (SSSR count). The van der Waals surface area contributed by atoms with Gasteiger partial charge in [0.2, 0.25) is 0 Å². The highest BCUT2D eigenvalue weighted by molar-refractivity contribution is 7.07. The van der Waals surface area contributed by atoms with Gasteiger partial charge in [0, 0.05) is 18.3 Å². The number of amides is 1. The Hall–Kier alpha value is -2.28. The van der Waals surface area contributed by atoms with Crippen molar-refractivity contribution < 1.29 is 14.7 Å². The summed E-state index contributed by atoms with van der Waals surface area (Å²) in [5.41, 5.74) is 3.31. The lowest BCUT2D eigenvalue weighted by Gasteiger charge is -2.05. The van der Waals surface area contributed by atoms with Crippen LogP contribution >= 0.6 is 11.3 Å². The summed E-state index contributed by atoms with van der Waals surface area (Å²) >= 11 is 1.51. The average Bonchev–Trinajstić information content (AvgIpc) is 2.91. The number of aromatic carboxylic acids is 1. The highest BCUT2D eigenvalue weighted by Crippen LogP contribution is 2.07. The number of carboxylic acid groups (broad SMARTS) is 1. The van der Waals surface area contributed by atoms with Crippen LogP contribution in [0.1, 0.15) is 32.2 Å². The second kappa shape index (κ2) is 6.25. The third-order valence-corrected chi connectivity index (χ3v) is 3.33. The molecule has 0 aromatic carbocycles. The minimum atomic E-state index is -1.05. The van der Waals surface area contributed by atoms with Crippen molar-refractivity contribution in [3.8, 4) is 0 Å². The van der Waals surface area contributed by atoms with Crippen molar-refractivity contribution in [3.63, 3.8) is 0 Å². The third kappa shape index (κ3) is 3.39. The number of carboxylic acids is 1. The zero-order valence-corrected chi connectivity index (χ0v) is 11.6. The normalized spacial score (nSPS) is 10.2. The first-order valence-electron chi connectivity index (χ1n) is 5.94. The van der Waals surface area contributed by atoms with Crippen molar-refractivity contribution in [2.45, 2.75) is 13.3 Å². The standard InChI is InChI=1S/C13H13N3O3S/c1-8-10(13(18)19)2-3-11(16-8)12(17)14-5-4-9-6-20-7-15-9/h2-3,6-7H,4-5H2,1H3,(H,14,17)(H,18,19). The van der Waals surface area contributed by atoms with E-state index in [9.17, 15) is 9.59 Å². The molecular formula is C13H13N3O3S. The Morgan fingerprint density at radius 1 is 1.40 bits per heavy atom. The lowest BCUT2D eigenvalue weighted by atomic mass is 10.2. The number of nitrogens with zero attached hydrogens (tertiary/aromatic N) is 2. The van der Waals surface area contributed by atoms with Gasteiger partial charge in [-0.15, -0.1) is 11.3 Å². The van der Waals surface area contributed by atoms with Crippen molar-refractivity contribution in [1.82, 2.24) is 15.3 Å². The van der Waals surface area contributed by atoms with Gasteiger partial charge in [-0.2, -0.15) is 0 Å². The van der Waals surface area contributed by atoms with Gasteiger partial charge in [0.1, 0.15) is 5.69 Å². The minimum absolute atomic E-state index is 0.101. The quantitative estimate of drug-likeness (QED) is 0.871. The molecule has 0 radical (unpaired) electrons. The Bertz CT molecular complexity index is 626. The monoisotopic (exact) mass is 291 g/mol. The number of hydrogen-bond donors (Lipinski definition) is 2. The molecule has 0 unspecified atom stereocenters. The Kier molecular flexibility index (Phi) is 4.41. The molecule has 0 saturated heterocycles. The van der Waals surface area contributed by atoms with Crippen LogP contribution < -0.4 is 5.32 Å². The van der Waals surface area contributed by atoms with E-state index >= 15 is 0 Å². The zero-order valence-electron chi connectivity index (χ0n) is 10.8. The fourth-order valence-electron chi connectivity index (χ4n) is 1.67. The second-order valence-corrected chi connectivity index (χ2v) is 4.84. The largest absolute Gasteiger partial charge is 0.478 e. The molecule has 0 aliphatic heterocycles. The van der Waals surface area contributed by atoms with Gasteiger partial charge in [0.15, 0.2) is 0 Å². The van der Waals surface area contributed by atoms with Crippen LogP contribution in [-0.2, 0) is 6.42 Å². The Morgan fingerprint density at radius 2 is 2.20 bits per heavy atom. The summed E-state index contributed by atoms with van der Waals surface area (Å²) in [6.07, 6.45) is 0.654. The average molecular weight is 291 g/mol. The molecule has 2 aromatic rings. The number of pyridine rings is 1. The molecule has 20 heavy (non-hydrogen) atoms. The molecule has 2 aromatic heterocycles. The van der Waals surface area contributed by atoms with E-state index in [1.54, 1.807) is 12.4 Å². The fraction of sp³-hybridized carbons (Fsp3) is 0.231. The molecule has 0 bridgehead atoms. The number of rotatable bonds is 5. The van der Waals surface area contributed by atoms with Gasteiger partial charge in [-0.05, 0) is 19.1 Å². The number of aryl methyl sites for hydroxylation is 1. The van der Waals surface area contributed by atoms with Crippen LogP contribution in [0.4, 0.5) is 0 Å². The van der Waals surface area contributed by atoms with Crippen LogP contribution in [0.5, 0.6) is 0 Å². The van der Waals surface area contributed by atoms with Crippen molar-refractivity contribution >= 4 is 23.2 Å². The molecule has 0 spiro atoms. The second-order valence-electron chi connectivity index (χ2n) is 4.12. The molecule has 2 heterocycles. The highest BCUT2D eigenvalue weighted by atomic mass is 32.1. The van der Waals surface area contributed by atoms with Crippen LogP contribution in [0.2, 0.25) is 0 Å². The number of thiazole rings is 1. The van der Waals surface area contributed by atoms with Crippen molar-refractivity contribution in [2.24, 2.45) is 0 Å². The summed E-state index contributed by atoms with van der Waals surface area (Å²) in [5, 5.41) is 13.6. The van der Waals surface area contributed by atoms with E-state index in [0.717, 1.165) is 5.69 Å². The van der Waals surface area contributed by atoms with Crippen LogP contribution in [-0.4, -0.2) is 33.5 Å². The maximum atomic E-state index is 11.9. The fourth-order valence-corrected chi connectivity index (χ4v) is 2.26. The molecule has 0 fully saturated rings. The number of carbonyl (C=O) groups is 2. The summed E-state index contributed by atoms with van der Waals surface area (Å²) in [6, 6.07) is 2.80. The third-order valence-electron chi connectivity index (χ3n) is 2.70. The SMILES string of the molecule is Cc1nc(C(=O)NCCc2cscn2)ccc1C(=O)O. The number of hydrogen-bond acceptors (Lipinski definition) is 5. The molecule has 6 nitrogen and oxygen atoms in total. The van der Waals surface area contributed by atoms with Crippen LogP contribution in [0.15, 0.2) is 23.0 Å². The van der Waals surface area contributed by atoms with E-state index in [0.29, 0.717) is 18.7 Å². The Labute approximate surface area is 119 Å². The van der Waals surface area contributed by atoms with Gasteiger partial charge < -0.3 is 10.4 Å². The van der Waals surface area contributed by atoms with Crippen molar-refractivity contribution in [2.75, 3.05) is 6.54 Å². The van der Waals surface area contributed by atoms with E-state index in [-0.39, 0.29) is 17.2 Å². The van der Waals surface area contributed by atoms with Crippen molar-refractivity contribution in [1.29, 1.82) is 0 Å². The summed E-state index contributed by atoms with van der Waals surface area (Å²) in [4.78, 5) is 30.8. The highest BCUT2D eigenvalue weighted by Gasteiger charge is 2.12. The summed E-state index contributed by atoms with van der Waals surface area (Å²) < 4.78 is 0. The molecule has 0 aliphatic rings. The van der Waals surface area contributed by atoms with E-state index in [1.807, 2.05) is 5.38 Å². The molecule has 2 N–H and O–H groups in total. The molecule has 1 amide bonds. The maximum absolute atomic E-state index is 11.9. The van der Waals surface area contributed by atoms with E-state index in [2.05, 4.69) is 15.3 Å². The molecule has 0 atom stereocenters. The van der Waals surface area contributed by atoms with Crippen LogP contribution in [0, 0.1) is 6.92 Å². The maximum Gasteiger partial charge on any atom is 0.337 e. The first-order chi connectivity index (χ1) is 9.58. The van der Waals surface area contributed by atoms with Gasteiger partial charge in [0.05, 0.1) is 22.5 Å². The first kappa shape index (κ1) is 14.1. The predicted molar refractivity (Wildman–Crippen MR) is 74.1 cm³/mol.